The highest BCUT2D eigenvalue weighted by Gasteiger charge is 2.31. The van der Waals surface area contributed by atoms with Gasteiger partial charge in [0.15, 0.2) is 0 Å². The van der Waals surface area contributed by atoms with Crippen LogP contribution < -0.4 is 0 Å². The zero-order chi connectivity index (χ0) is 8.28. The lowest BCUT2D eigenvalue weighted by atomic mass is 9.77. The fourth-order valence-electron chi connectivity index (χ4n) is 2.89. The average Bonchev–Trinajstić information content (AvgIpc) is 2.47. The topological polar surface area (TPSA) is 0 Å². The molecule has 2 aliphatic carbocycles. The second-order valence-corrected chi connectivity index (χ2v) is 4.63. The lowest BCUT2D eigenvalue weighted by molar-refractivity contribution is 0.261. The van der Waals surface area contributed by atoms with Crippen molar-refractivity contribution >= 4 is 0 Å². The molecule has 1 fully saturated rings. The molecule has 0 aromatic carbocycles. The van der Waals surface area contributed by atoms with Crippen LogP contribution in [-0.4, -0.2) is 0 Å². The second-order valence-electron chi connectivity index (χ2n) is 4.63. The summed E-state index contributed by atoms with van der Waals surface area (Å²) in [5.41, 5.74) is 0.761. The van der Waals surface area contributed by atoms with Crippen LogP contribution in [0.5, 0.6) is 0 Å². The molecule has 2 aliphatic rings. The van der Waals surface area contributed by atoms with Crippen molar-refractivity contribution in [1.29, 1.82) is 0 Å². The first-order chi connectivity index (χ1) is 5.91. The van der Waals surface area contributed by atoms with E-state index in [0.29, 0.717) is 0 Å². The summed E-state index contributed by atoms with van der Waals surface area (Å²) in [7, 11) is 0. The van der Waals surface area contributed by atoms with Gasteiger partial charge in [0.1, 0.15) is 0 Å². The van der Waals surface area contributed by atoms with Crippen LogP contribution in [-0.2, 0) is 0 Å². The van der Waals surface area contributed by atoms with Crippen molar-refractivity contribution in [3.05, 3.63) is 12.2 Å². The molecule has 0 heteroatoms. The van der Waals surface area contributed by atoms with E-state index in [1.54, 1.807) is 0 Å². The molecule has 0 bridgehead atoms. The predicted molar refractivity (Wildman–Crippen MR) is 53.1 cm³/mol. The summed E-state index contributed by atoms with van der Waals surface area (Å²) >= 11 is 0. The minimum atomic E-state index is 0.761. The molecule has 0 heterocycles. The summed E-state index contributed by atoms with van der Waals surface area (Å²) in [6.07, 6.45) is 18.0. The highest BCUT2D eigenvalue weighted by molar-refractivity contribution is 4.95. The first-order valence-corrected chi connectivity index (χ1v) is 5.56. The van der Waals surface area contributed by atoms with Crippen LogP contribution in [0.15, 0.2) is 12.2 Å². The highest BCUT2D eigenvalue weighted by atomic mass is 14.4. The maximum absolute atomic E-state index is 2.45. The highest BCUT2D eigenvalue weighted by Crippen LogP contribution is 2.46. The summed E-state index contributed by atoms with van der Waals surface area (Å²) in [4.78, 5) is 0. The second kappa shape index (κ2) is 3.64. The molecule has 0 atom stereocenters. The van der Waals surface area contributed by atoms with E-state index >= 15 is 0 Å². The number of hydrogen-bond acceptors (Lipinski definition) is 0. The summed E-state index contributed by atoms with van der Waals surface area (Å²) in [6, 6.07) is 0. The molecule has 0 aromatic heterocycles. The molecule has 0 aliphatic heterocycles. The molecule has 0 nitrogen and oxygen atoms in total. The first kappa shape index (κ1) is 8.34. The maximum Gasteiger partial charge on any atom is -0.0263 e. The van der Waals surface area contributed by atoms with Gasteiger partial charge in [-0.3, -0.25) is 0 Å². The predicted octanol–water partition coefficient (Wildman–Crippen LogP) is 4.07. The van der Waals surface area contributed by atoms with Crippen molar-refractivity contribution in [2.75, 3.05) is 0 Å². The SMILES string of the molecule is C1=CCC2(CCCC1)CCCC2. The summed E-state index contributed by atoms with van der Waals surface area (Å²) in [6.45, 7) is 0. The van der Waals surface area contributed by atoms with Crippen molar-refractivity contribution in [1.82, 2.24) is 0 Å². The summed E-state index contributed by atoms with van der Waals surface area (Å²) in [5.74, 6) is 0. The van der Waals surface area contributed by atoms with Gasteiger partial charge in [-0.1, -0.05) is 31.4 Å². The number of rotatable bonds is 0. The van der Waals surface area contributed by atoms with Gasteiger partial charge >= 0.3 is 0 Å². The zero-order valence-corrected chi connectivity index (χ0v) is 8.02. The van der Waals surface area contributed by atoms with Crippen molar-refractivity contribution < 1.29 is 0 Å². The third-order valence-electron chi connectivity index (χ3n) is 3.71. The van der Waals surface area contributed by atoms with Gasteiger partial charge in [0.2, 0.25) is 0 Å². The van der Waals surface area contributed by atoms with Crippen molar-refractivity contribution in [3.63, 3.8) is 0 Å². The Morgan fingerprint density at radius 2 is 1.42 bits per heavy atom. The molecule has 0 amide bonds. The van der Waals surface area contributed by atoms with Gasteiger partial charge in [0.05, 0.1) is 0 Å². The van der Waals surface area contributed by atoms with Gasteiger partial charge < -0.3 is 0 Å². The quantitative estimate of drug-likeness (QED) is 0.473. The Bertz CT molecular complexity index is 161. The zero-order valence-electron chi connectivity index (χ0n) is 8.02. The van der Waals surface area contributed by atoms with E-state index in [-0.39, 0.29) is 0 Å². The average molecular weight is 164 g/mol. The molecular weight excluding hydrogens is 144 g/mol. The van der Waals surface area contributed by atoms with E-state index in [0.717, 1.165) is 5.41 Å². The molecule has 0 aromatic rings. The fourth-order valence-corrected chi connectivity index (χ4v) is 2.89. The van der Waals surface area contributed by atoms with Gasteiger partial charge in [0, 0.05) is 0 Å². The van der Waals surface area contributed by atoms with Gasteiger partial charge in [-0.25, -0.2) is 0 Å². The molecule has 0 radical (unpaired) electrons. The molecule has 2 rings (SSSR count). The van der Waals surface area contributed by atoms with E-state index in [1.807, 2.05) is 0 Å². The van der Waals surface area contributed by atoms with Crippen LogP contribution in [0.25, 0.3) is 0 Å². The molecular formula is C12H20. The standard InChI is InChI=1S/C12H20/c1-2-4-8-12(9-5-3-1)10-6-7-11-12/h2,4H,1,3,5-11H2. The normalized spacial score (nSPS) is 28.7. The minimum Gasteiger partial charge on any atom is -0.0885 e. The molecule has 0 N–H and O–H groups in total. The number of allylic oxidation sites excluding steroid dienone is 2. The molecule has 68 valence electrons. The van der Waals surface area contributed by atoms with Crippen LogP contribution >= 0.6 is 0 Å². The van der Waals surface area contributed by atoms with Crippen LogP contribution in [0, 0.1) is 5.41 Å². The van der Waals surface area contributed by atoms with E-state index in [1.165, 1.54) is 57.8 Å². The van der Waals surface area contributed by atoms with Crippen LogP contribution in [0.4, 0.5) is 0 Å². The molecule has 1 saturated carbocycles. The van der Waals surface area contributed by atoms with E-state index in [4.69, 9.17) is 0 Å². The van der Waals surface area contributed by atoms with Gasteiger partial charge in [-0.15, -0.1) is 0 Å². The Balaban J connectivity index is 2.01. The third-order valence-corrected chi connectivity index (χ3v) is 3.71. The Labute approximate surface area is 76.1 Å². The van der Waals surface area contributed by atoms with Gasteiger partial charge in [-0.05, 0) is 43.9 Å². The Hall–Kier alpha value is -0.260. The monoisotopic (exact) mass is 164 g/mol. The Kier molecular flexibility index (Phi) is 2.53. The summed E-state index contributed by atoms with van der Waals surface area (Å²) in [5, 5.41) is 0. The first-order valence-electron chi connectivity index (χ1n) is 5.56. The third kappa shape index (κ3) is 1.73. The molecule has 12 heavy (non-hydrogen) atoms. The number of hydrogen-bond donors (Lipinski definition) is 0. The maximum atomic E-state index is 2.45. The summed E-state index contributed by atoms with van der Waals surface area (Å²) < 4.78 is 0. The van der Waals surface area contributed by atoms with Crippen molar-refractivity contribution in [3.8, 4) is 0 Å². The van der Waals surface area contributed by atoms with Crippen LogP contribution in [0.3, 0.4) is 0 Å². The van der Waals surface area contributed by atoms with Crippen LogP contribution in [0.2, 0.25) is 0 Å². The largest absolute Gasteiger partial charge is 0.0885 e. The van der Waals surface area contributed by atoms with Crippen molar-refractivity contribution in [2.45, 2.75) is 57.8 Å². The Morgan fingerprint density at radius 3 is 2.17 bits per heavy atom. The molecule has 0 saturated heterocycles. The Morgan fingerprint density at radius 1 is 0.750 bits per heavy atom. The van der Waals surface area contributed by atoms with Crippen molar-refractivity contribution in [2.24, 2.45) is 5.41 Å². The smallest absolute Gasteiger partial charge is 0.0263 e. The molecule has 0 unspecified atom stereocenters. The van der Waals surface area contributed by atoms with Gasteiger partial charge in [0.25, 0.3) is 0 Å². The lowest BCUT2D eigenvalue weighted by Gasteiger charge is -2.28. The molecule has 1 spiro atoms. The van der Waals surface area contributed by atoms with E-state index < -0.39 is 0 Å². The van der Waals surface area contributed by atoms with E-state index in [2.05, 4.69) is 12.2 Å². The van der Waals surface area contributed by atoms with Gasteiger partial charge in [-0.2, -0.15) is 0 Å². The minimum absolute atomic E-state index is 0.761. The lowest BCUT2D eigenvalue weighted by Crippen LogP contribution is -2.15. The van der Waals surface area contributed by atoms with Crippen LogP contribution in [0.1, 0.15) is 57.8 Å². The van der Waals surface area contributed by atoms with E-state index in [9.17, 15) is 0 Å². The fraction of sp³-hybridized carbons (Fsp3) is 0.833.